The quantitative estimate of drug-likeness (QED) is 0.259. The Morgan fingerprint density at radius 2 is 1.77 bits per heavy atom. The first-order valence-electron chi connectivity index (χ1n) is 2.70. The van der Waals surface area contributed by atoms with Crippen LogP contribution in [-0.2, 0) is 10.4 Å². The highest BCUT2D eigenvalue weighted by Crippen LogP contribution is 2.08. The second kappa shape index (κ2) is 3.93. The lowest BCUT2D eigenvalue weighted by Gasteiger charge is -1.89. The van der Waals surface area contributed by atoms with E-state index in [-0.39, 0.29) is 11.5 Å². The molecule has 0 aliphatic carbocycles. The van der Waals surface area contributed by atoms with Crippen LogP contribution in [0.2, 0.25) is 0 Å². The summed E-state index contributed by atoms with van der Waals surface area (Å²) in [6, 6.07) is 0. The van der Waals surface area contributed by atoms with Gasteiger partial charge in [-0.1, -0.05) is 4.85 Å². The molecule has 0 fully saturated rings. The van der Waals surface area contributed by atoms with Gasteiger partial charge in [0.2, 0.25) is 0 Å². The highest BCUT2D eigenvalue weighted by molar-refractivity contribution is 7.79. The van der Waals surface area contributed by atoms with Crippen molar-refractivity contribution in [3.8, 4) is 0 Å². The summed E-state index contributed by atoms with van der Waals surface area (Å²) >= 11 is 0. The molecule has 76 valence electrons. The summed E-state index contributed by atoms with van der Waals surface area (Å²) in [5.74, 6) is 0.0741. The van der Waals surface area contributed by atoms with Gasteiger partial charge in [0.25, 0.3) is 0 Å². The Bertz CT molecular complexity index is 342. The fourth-order valence-corrected chi connectivity index (χ4v) is 0.361. The van der Waals surface area contributed by atoms with Crippen molar-refractivity contribution in [1.29, 1.82) is 0 Å². The van der Waals surface area contributed by atoms with Gasteiger partial charge in [-0.25, -0.2) is 0 Å². The number of nitrogen functional groups attached to an aromatic ring is 2. The number of rotatable bonds is 0. The van der Waals surface area contributed by atoms with E-state index < -0.39 is 10.4 Å². The maximum Gasteiger partial charge on any atom is 0.394 e. The van der Waals surface area contributed by atoms with E-state index >= 15 is 0 Å². The first kappa shape index (κ1) is 11.5. The number of aromatic nitrogens is 2. The molecule has 0 saturated heterocycles. The van der Waals surface area contributed by atoms with Gasteiger partial charge in [-0.2, -0.15) is 8.42 Å². The lowest BCUT2D eigenvalue weighted by Crippen LogP contribution is -2.00. The van der Waals surface area contributed by atoms with Crippen molar-refractivity contribution in [3.63, 3.8) is 0 Å². The third-order valence-corrected chi connectivity index (χ3v) is 0.817. The summed E-state index contributed by atoms with van der Waals surface area (Å²) in [6.07, 6.45) is 1.27. The van der Waals surface area contributed by atoms with Gasteiger partial charge in [0.15, 0.2) is 5.82 Å². The Morgan fingerprint density at radius 3 is 1.85 bits per heavy atom. The van der Waals surface area contributed by atoms with E-state index in [2.05, 4.69) is 5.10 Å². The van der Waals surface area contributed by atoms with Crippen LogP contribution in [0.4, 0.5) is 11.5 Å². The molecule has 9 nitrogen and oxygen atoms in total. The first-order chi connectivity index (χ1) is 5.72. The van der Waals surface area contributed by atoms with Crippen molar-refractivity contribution in [2.24, 2.45) is 0 Å². The maximum atomic E-state index is 8.74. The van der Waals surface area contributed by atoms with Crippen LogP contribution in [0.15, 0.2) is 6.20 Å². The van der Waals surface area contributed by atoms with Crippen LogP contribution in [-0.4, -0.2) is 32.7 Å². The van der Waals surface area contributed by atoms with Gasteiger partial charge in [-0.3, -0.25) is 9.11 Å². The second-order valence-corrected chi connectivity index (χ2v) is 2.72. The predicted octanol–water partition coefficient (Wildman–Crippen LogP) is -1.37. The zero-order valence-electron chi connectivity index (χ0n) is 6.19. The van der Waals surface area contributed by atoms with Crippen LogP contribution >= 0.6 is 0 Å². The minimum Gasteiger partial charge on any atom is -0.410 e. The van der Waals surface area contributed by atoms with Crippen LogP contribution in [0.3, 0.4) is 0 Å². The van der Waals surface area contributed by atoms with Gasteiger partial charge < -0.3 is 16.7 Å². The third-order valence-electron chi connectivity index (χ3n) is 0.817. The monoisotopic (exact) mass is 212 g/mol. The van der Waals surface area contributed by atoms with Crippen molar-refractivity contribution in [3.05, 3.63) is 6.20 Å². The predicted molar refractivity (Wildman–Crippen MR) is 42.4 cm³/mol. The molecule has 0 aliphatic rings. The van der Waals surface area contributed by atoms with Crippen molar-refractivity contribution in [2.45, 2.75) is 0 Å². The van der Waals surface area contributed by atoms with Crippen molar-refractivity contribution in [2.75, 3.05) is 11.5 Å². The Hall–Kier alpha value is -1.52. The molecule has 0 atom stereocenters. The molecule has 7 N–H and O–H groups in total. The van der Waals surface area contributed by atoms with Gasteiger partial charge in [-0.15, -0.1) is 5.10 Å². The Kier molecular flexibility index (Phi) is 3.47. The summed E-state index contributed by atoms with van der Waals surface area (Å²) in [7, 11) is -4.67. The maximum absolute atomic E-state index is 8.74. The van der Waals surface area contributed by atoms with Gasteiger partial charge in [0.1, 0.15) is 0 Å². The van der Waals surface area contributed by atoms with Gasteiger partial charge in [0.05, 0.1) is 11.9 Å². The molecule has 0 aromatic carbocycles. The minimum atomic E-state index is -4.67. The summed E-state index contributed by atoms with van der Waals surface area (Å²) in [5, 5.41) is 11.9. The van der Waals surface area contributed by atoms with Gasteiger partial charge in [0, 0.05) is 0 Å². The van der Waals surface area contributed by atoms with E-state index in [1.54, 1.807) is 0 Å². The molecule has 0 radical (unpaired) electrons. The Labute approximate surface area is 73.1 Å². The standard InChI is InChI=1S/C3H6N4O.H2O4S/c4-2-1-6-7(8)3(2)5;1-5(2,3)4/h1,8H,4-5H2;(H2,1,2,3,4). The summed E-state index contributed by atoms with van der Waals surface area (Å²) in [5.41, 5.74) is 10.6. The zero-order chi connectivity index (χ0) is 10.6. The normalized spacial score (nSPS) is 10.3. The van der Waals surface area contributed by atoms with Crippen LogP contribution in [0.1, 0.15) is 0 Å². The smallest absolute Gasteiger partial charge is 0.394 e. The van der Waals surface area contributed by atoms with Crippen LogP contribution in [0.5, 0.6) is 0 Å². The minimum absolute atomic E-state index is 0.0741. The van der Waals surface area contributed by atoms with Crippen molar-refractivity contribution in [1.82, 2.24) is 9.94 Å². The average molecular weight is 212 g/mol. The van der Waals surface area contributed by atoms with Gasteiger partial charge >= 0.3 is 10.4 Å². The topological polar surface area (TPSA) is 165 Å². The van der Waals surface area contributed by atoms with E-state index in [0.29, 0.717) is 4.85 Å². The second-order valence-electron chi connectivity index (χ2n) is 1.82. The first-order valence-corrected chi connectivity index (χ1v) is 4.09. The SMILES string of the molecule is Nc1cnn(O)c1N.O=S(=O)(O)O. The van der Waals surface area contributed by atoms with Crippen molar-refractivity contribution >= 4 is 21.9 Å². The molecule has 0 aliphatic heterocycles. The van der Waals surface area contributed by atoms with Crippen LogP contribution < -0.4 is 11.5 Å². The zero-order valence-corrected chi connectivity index (χ0v) is 7.01. The molecule has 0 bridgehead atoms. The third kappa shape index (κ3) is 5.72. The fraction of sp³-hybridized carbons (Fsp3) is 0. The molecule has 0 spiro atoms. The van der Waals surface area contributed by atoms with Crippen LogP contribution in [0.25, 0.3) is 0 Å². The molecule has 0 amide bonds. The average Bonchev–Trinajstić information content (AvgIpc) is 2.16. The summed E-state index contributed by atoms with van der Waals surface area (Å²) in [6.45, 7) is 0. The molecular formula is C3H8N4O5S. The molecular weight excluding hydrogens is 204 g/mol. The Morgan fingerprint density at radius 1 is 1.38 bits per heavy atom. The number of hydrogen-bond donors (Lipinski definition) is 5. The molecule has 13 heavy (non-hydrogen) atoms. The molecule has 10 heteroatoms. The van der Waals surface area contributed by atoms with Crippen LogP contribution in [0, 0.1) is 0 Å². The number of nitrogens with zero attached hydrogens (tertiary/aromatic N) is 2. The molecule has 0 saturated carbocycles. The van der Waals surface area contributed by atoms with Crippen molar-refractivity contribution < 1.29 is 22.7 Å². The molecule has 1 rings (SSSR count). The molecule has 1 heterocycles. The summed E-state index contributed by atoms with van der Waals surface area (Å²) in [4.78, 5) is 0.523. The van der Waals surface area contributed by atoms with E-state index in [1.165, 1.54) is 6.20 Å². The molecule has 1 aromatic heterocycles. The number of hydrogen-bond acceptors (Lipinski definition) is 6. The van der Waals surface area contributed by atoms with E-state index in [9.17, 15) is 0 Å². The van der Waals surface area contributed by atoms with E-state index in [0.717, 1.165) is 0 Å². The molecule has 0 unspecified atom stereocenters. The summed E-state index contributed by atoms with van der Waals surface area (Å²) < 4.78 is 31.6. The van der Waals surface area contributed by atoms with E-state index in [4.69, 9.17) is 34.2 Å². The van der Waals surface area contributed by atoms with E-state index in [1.807, 2.05) is 0 Å². The number of anilines is 2. The highest BCUT2D eigenvalue weighted by Gasteiger charge is 1.98. The van der Waals surface area contributed by atoms with Gasteiger partial charge in [-0.05, 0) is 0 Å². The molecule has 1 aromatic rings. The highest BCUT2D eigenvalue weighted by atomic mass is 32.3. The largest absolute Gasteiger partial charge is 0.410 e. The Balaban J connectivity index is 0.000000252. The lowest BCUT2D eigenvalue weighted by molar-refractivity contribution is 0.155. The fourth-order valence-electron chi connectivity index (χ4n) is 0.361. The lowest BCUT2D eigenvalue weighted by atomic mass is 10.5. The number of nitrogens with two attached hydrogens (primary N) is 2.